The second kappa shape index (κ2) is 6.26. The van der Waals surface area contributed by atoms with Gasteiger partial charge in [-0.1, -0.05) is 30.3 Å². The van der Waals surface area contributed by atoms with E-state index in [2.05, 4.69) is 0 Å². The normalized spacial score (nSPS) is 11.2. The highest BCUT2D eigenvalue weighted by Gasteiger charge is 2.15. The van der Waals surface area contributed by atoms with Crippen LogP contribution in [0.25, 0.3) is 22.4 Å². The highest BCUT2D eigenvalue weighted by Crippen LogP contribution is 2.26. The quantitative estimate of drug-likeness (QED) is 0.564. The van der Waals surface area contributed by atoms with Gasteiger partial charge in [0.1, 0.15) is 11.6 Å². The van der Waals surface area contributed by atoms with Gasteiger partial charge in [-0.2, -0.15) is 0 Å². The van der Waals surface area contributed by atoms with Gasteiger partial charge >= 0.3 is 0 Å². The number of imidazole rings is 1. The van der Waals surface area contributed by atoms with Crippen LogP contribution in [0.3, 0.4) is 0 Å². The molecule has 2 aromatic carbocycles. The minimum Gasteiger partial charge on any atom is -0.319 e. The van der Waals surface area contributed by atoms with Crippen LogP contribution in [0, 0.1) is 12.7 Å². The van der Waals surface area contributed by atoms with Crippen molar-refractivity contribution in [2.75, 3.05) is 0 Å². The van der Waals surface area contributed by atoms with Crippen LogP contribution in [0.4, 0.5) is 4.39 Å². The van der Waals surface area contributed by atoms with Crippen LogP contribution in [0.2, 0.25) is 0 Å². The summed E-state index contributed by atoms with van der Waals surface area (Å²) < 4.78 is 17.4. The first-order valence-corrected chi connectivity index (χ1v) is 8.40. The van der Waals surface area contributed by atoms with E-state index in [4.69, 9.17) is 4.98 Å². The molecule has 0 aliphatic rings. The van der Waals surface area contributed by atoms with Crippen molar-refractivity contribution < 1.29 is 4.39 Å². The Hall–Kier alpha value is -3.21. The van der Waals surface area contributed by atoms with E-state index in [1.807, 2.05) is 41.0 Å². The predicted octanol–water partition coefficient (Wildman–Crippen LogP) is 3.90. The molecule has 4 nitrogen and oxygen atoms in total. The summed E-state index contributed by atoms with van der Waals surface area (Å²) in [6.07, 6.45) is 1.77. The van der Waals surface area contributed by atoms with E-state index in [1.165, 1.54) is 12.1 Å². The minimum atomic E-state index is -0.296. The first-order valence-electron chi connectivity index (χ1n) is 8.40. The van der Waals surface area contributed by atoms with Crippen molar-refractivity contribution in [3.63, 3.8) is 0 Å². The third-order valence-corrected chi connectivity index (χ3v) is 4.51. The SMILES string of the molecule is Cc1cc(-c2nc3ccc(F)cc3n2Cc2ccccc2)cn(C)c1=O. The number of hydrogen-bond donors (Lipinski definition) is 0. The lowest BCUT2D eigenvalue weighted by Gasteiger charge is -2.11. The number of benzene rings is 2. The van der Waals surface area contributed by atoms with Gasteiger partial charge < -0.3 is 9.13 Å². The molecule has 0 amide bonds. The highest BCUT2D eigenvalue weighted by atomic mass is 19.1. The number of halogens is 1. The zero-order valence-corrected chi connectivity index (χ0v) is 14.6. The molecule has 4 aromatic rings. The molecule has 0 bridgehead atoms. The average molecular weight is 347 g/mol. The van der Waals surface area contributed by atoms with Gasteiger partial charge in [-0.15, -0.1) is 0 Å². The van der Waals surface area contributed by atoms with Gasteiger partial charge in [0.05, 0.1) is 11.0 Å². The van der Waals surface area contributed by atoms with Crippen LogP contribution in [0.15, 0.2) is 65.6 Å². The van der Waals surface area contributed by atoms with E-state index >= 15 is 0 Å². The van der Waals surface area contributed by atoms with Gasteiger partial charge in [0.15, 0.2) is 0 Å². The van der Waals surface area contributed by atoms with Crippen molar-refractivity contribution >= 4 is 11.0 Å². The third kappa shape index (κ3) is 2.81. The largest absolute Gasteiger partial charge is 0.319 e. The summed E-state index contributed by atoms with van der Waals surface area (Å²) in [5.41, 5.74) is 4.00. The van der Waals surface area contributed by atoms with Gasteiger partial charge in [0.2, 0.25) is 0 Å². The zero-order chi connectivity index (χ0) is 18.3. The minimum absolute atomic E-state index is 0.0366. The summed E-state index contributed by atoms with van der Waals surface area (Å²) in [5.74, 6) is 0.419. The van der Waals surface area contributed by atoms with Crippen molar-refractivity contribution in [3.05, 3.63) is 88.1 Å². The number of fused-ring (bicyclic) bond motifs is 1. The van der Waals surface area contributed by atoms with Crippen LogP contribution in [-0.2, 0) is 13.6 Å². The Labute approximate surface area is 150 Å². The number of pyridine rings is 1. The Bertz CT molecular complexity index is 1130. The molecule has 0 N–H and O–H groups in total. The van der Waals surface area contributed by atoms with Crippen molar-refractivity contribution in [1.29, 1.82) is 0 Å². The van der Waals surface area contributed by atoms with Crippen molar-refractivity contribution in [3.8, 4) is 11.4 Å². The second-order valence-corrected chi connectivity index (χ2v) is 6.47. The molecule has 0 saturated heterocycles. The van der Waals surface area contributed by atoms with Crippen LogP contribution >= 0.6 is 0 Å². The highest BCUT2D eigenvalue weighted by molar-refractivity contribution is 5.80. The van der Waals surface area contributed by atoms with E-state index in [0.29, 0.717) is 17.9 Å². The van der Waals surface area contributed by atoms with Gasteiger partial charge in [-0.3, -0.25) is 4.79 Å². The molecule has 0 aliphatic carbocycles. The number of hydrogen-bond acceptors (Lipinski definition) is 2. The Morgan fingerprint density at radius 1 is 1.08 bits per heavy atom. The zero-order valence-electron chi connectivity index (χ0n) is 14.6. The van der Waals surface area contributed by atoms with E-state index in [-0.39, 0.29) is 11.4 Å². The number of aromatic nitrogens is 3. The van der Waals surface area contributed by atoms with Gasteiger partial charge in [-0.25, -0.2) is 9.37 Å². The summed E-state index contributed by atoms with van der Waals surface area (Å²) >= 11 is 0. The maximum Gasteiger partial charge on any atom is 0.253 e. The van der Waals surface area contributed by atoms with Crippen molar-refractivity contribution in [1.82, 2.24) is 14.1 Å². The molecular formula is C21H18FN3O. The molecule has 5 heteroatoms. The van der Waals surface area contributed by atoms with Crippen LogP contribution in [0.5, 0.6) is 0 Å². The molecule has 0 radical (unpaired) electrons. The third-order valence-electron chi connectivity index (χ3n) is 4.51. The molecule has 26 heavy (non-hydrogen) atoms. The molecule has 0 spiro atoms. The summed E-state index contributed by atoms with van der Waals surface area (Å²) in [7, 11) is 1.72. The smallest absolute Gasteiger partial charge is 0.253 e. The molecule has 2 heterocycles. The lowest BCUT2D eigenvalue weighted by Crippen LogP contribution is -2.18. The summed E-state index contributed by atoms with van der Waals surface area (Å²) in [5, 5.41) is 0. The lowest BCUT2D eigenvalue weighted by molar-refractivity contribution is 0.628. The first-order chi connectivity index (χ1) is 12.5. The van der Waals surface area contributed by atoms with Crippen molar-refractivity contribution in [2.45, 2.75) is 13.5 Å². The fourth-order valence-corrected chi connectivity index (χ4v) is 3.24. The molecule has 2 aromatic heterocycles. The van der Waals surface area contributed by atoms with Crippen LogP contribution < -0.4 is 5.56 Å². The predicted molar refractivity (Wildman–Crippen MR) is 101 cm³/mol. The molecule has 4 rings (SSSR count). The summed E-state index contributed by atoms with van der Waals surface area (Å²) in [4.78, 5) is 16.7. The molecule has 0 fully saturated rings. The Morgan fingerprint density at radius 3 is 2.58 bits per heavy atom. The number of nitrogens with zero attached hydrogens (tertiary/aromatic N) is 3. The number of aryl methyl sites for hydroxylation is 2. The molecule has 0 unspecified atom stereocenters. The Kier molecular flexibility index (Phi) is 3.92. The standard InChI is InChI=1S/C21H18FN3O/c1-14-10-16(13-24(2)21(14)26)20-23-18-9-8-17(22)11-19(18)25(20)12-15-6-4-3-5-7-15/h3-11,13H,12H2,1-2H3. The van der Waals surface area contributed by atoms with Crippen molar-refractivity contribution in [2.24, 2.45) is 7.05 Å². The first kappa shape index (κ1) is 16.3. The Balaban J connectivity index is 1.97. The number of rotatable bonds is 3. The molecule has 0 saturated carbocycles. The summed E-state index contributed by atoms with van der Waals surface area (Å²) in [6, 6.07) is 16.4. The lowest BCUT2D eigenvalue weighted by atomic mass is 10.2. The van der Waals surface area contributed by atoms with E-state index in [9.17, 15) is 9.18 Å². The molecule has 0 atom stereocenters. The molecule has 0 aliphatic heterocycles. The topological polar surface area (TPSA) is 39.8 Å². The van der Waals surface area contributed by atoms with E-state index in [0.717, 1.165) is 22.2 Å². The maximum absolute atomic E-state index is 13.9. The Morgan fingerprint density at radius 2 is 1.85 bits per heavy atom. The van der Waals surface area contributed by atoms with Gasteiger partial charge in [0, 0.05) is 30.9 Å². The van der Waals surface area contributed by atoms with Crippen LogP contribution in [0.1, 0.15) is 11.1 Å². The van der Waals surface area contributed by atoms with Gasteiger partial charge in [0.25, 0.3) is 5.56 Å². The maximum atomic E-state index is 13.9. The summed E-state index contributed by atoms with van der Waals surface area (Å²) in [6.45, 7) is 2.35. The van der Waals surface area contributed by atoms with Crippen LogP contribution in [-0.4, -0.2) is 14.1 Å². The monoisotopic (exact) mass is 347 g/mol. The van der Waals surface area contributed by atoms with E-state index in [1.54, 1.807) is 30.8 Å². The molecule has 130 valence electrons. The molecular weight excluding hydrogens is 329 g/mol. The van der Waals surface area contributed by atoms with E-state index < -0.39 is 0 Å². The van der Waals surface area contributed by atoms with Gasteiger partial charge in [-0.05, 0) is 36.8 Å². The fraction of sp³-hybridized carbons (Fsp3) is 0.143. The fourth-order valence-electron chi connectivity index (χ4n) is 3.24. The average Bonchev–Trinajstić information content (AvgIpc) is 2.98. The second-order valence-electron chi connectivity index (χ2n) is 6.47.